The van der Waals surface area contributed by atoms with Gasteiger partial charge in [-0.1, -0.05) is 158 Å². The predicted octanol–water partition coefficient (Wildman–Crippen LogP) is 14.4. The van der Waals surface area contributed by atoms with Crippen molar-refractivity contribution in [3.05, 3.63) is 218 Å². The number of nitrogens with zero attached hydrogens (tertiary/aromatic N) is 2. The average molecular weight is 694 g/mol. The molecule has 254 valence electrons. The van der Waals surface area contributed by atoms with Gasteiger partial charge in [0.05, 0.1) is 23.6 Å². The van der Waals surface area contributed by atoms with Crippen LogP contribution < -0.4 is 4.90 Å². The second kappa shape index (κ2) is 13.4. The Morgan fingerprint density at radius 1 is 0.370 bits per heavy atom. The van der Waals surface area contributed by atoms with Crippen LogP contribution in [0.4, 0.5) is 17.1 Å². The molecular weight excluding hydrogens is 653 g/mol. The maximum atomic E-state index is 8.70. The van der Waals surface area contributed by atoms with Gasteiger partial charge in [0.25, 0.3) is 0 Å². The van der Waals surface area contributed by atoms with Crippen molar-refractivity contribution < 1.29 is 6.85 Å². The van der Waals surface area contributed by atoms with Crippen molar-refractivity contribution in [2.24, 2.45) is 0 Å². The maximum Gasteiger partial charge on any atom is 0.0629 e. The second-order valence-corrected chi connectivity index (χ2v) is 13.4. The number of aromatic nitrogens is 1. The highest BCUT2D eigenvalue weighted by Gasteiger charge is 2.18. The van der Waals surface area contributed by atoms with Crippen molar-refractivity contribution in [1.82, 2.24) is 4.57 Å². The van der Waals surface area contributed by atoms with Crippen molar-refractivity contribution in [2.75, 3.05) is 4.90 Å². The Bertz CT molecular complexity index is 3180. The lowest BCUT2D eigenvalue weighted by atomic mass is 10.0. The molecule has 0 aliphatic carbocycles. The van der Waals surface area contributed by atoms with Crippen LogP contribution in [0.25, 0.3) is 71.6 Å². The summed E-state index contributed by atoms with van der Waals surface area (Å²) in [5.74, 6) is 0. The monoisotopic (exact) mass is 693 g/mol. The van der Waals surface area contributed by atoms with E-state index < -0.39 is 6.04 Å². The van der Waals surface area contributed by atoms with Gasteiger partial charge < -0.3 is 9.47 Å². The molecule has 0 radical (unpaired) electrons. The summed E-state index contributed by atoms with van der Waals surface area (Å²) in [5.41, 5.74) is 11.1. The summed E-state index contributed by atoms with van der Waals surface area (Å²) in [6.07, 6.45) is 0. The van der Waals surface area contributed by atoms with Crippen LogP contribution in [0.5, 0.6) is 0 Å². The molecule has 2 heteroatoms. The number of benzene rings is 9. The number of fused-ring (bicyclic) bond motifs is 4. The zero-order valence-electron chi connectivity index (χ0n) is 34.3. The quantitative estimate of drug-likeness (QED) is 0.161. The smallest absolute Gasteiger partial charge is 0.0629 e. The molecule has 0 bridgehead atoms. The van der Waals surface area contributed by atoms with Gasteiger partial charge in [0.2, 0.25) is 0 Å². The summed E-state index contributed by atoms with van der Waals surface area (Å²) in [6, 6.07) is 63.7. The van der Waals surface area contributed by atoms with Crippen molar-refractivity contribution in [3.63, 3.8) is 0 Å². The van der Waals surface area contributed by atoms with Gasteiger partial charge in [-0.05, 0) is 99.3 Å². The van der Waals surface area contributed by atoms with E-state index in [1.807, 2.05) is 48.5 Å². The fourth-order valence-electron chi connectivity index (χ4n) is 7.68. The van der Waals surface area contributed by atoms with Crippen LogP contribution in [0.2, 0.25) is 0 Å². The lowest BCUT2D eigenvalue weighted by molar-refractivity contribution is 1.18. The third-order valence-electron chi connectivity index (χ3n) is 10.3. The average Bonchev–Trinajstić information content (AvgIpc) is 3.62. The van der Waals surface area contributed by atoms with Gasteiger partial charge in [-0.3, -0.25) is 0 Å². The third kappa shape index (κ3) is 5.62. The Morgan fingerprint density at radius 3 is 1.74 bits per heavy atom. The van der Waals surface area contributed by atoms with E-state index in [2.05, 4.69) is 149 Å². The second-order valence-electron chi connectivity index (χ2n) is 13.4. The molecule has 0 saturated carbocycles. The zero-order chi connectivity index (χ0) is 40.2. The van der Waals surface area contributed by atoms with E-state index in [0.29, 0.717) is 5.56 Å². The van der Waals surface area contributed by atoms with E-state index in [4.69, 9.17) is 6.85 Å². The third-order valence-corrected chi connectivity index (χ3v) is 10.3. The van der Waals surface area contributed by atoms with Crippen molar-refractivity contribution >= 4 is 49.6 Å². The Hall–Kier alpha value is -7.16. The molecule has 0 unspecified atom stereocenters. The molecule has 0 aliphatic heterocycles. The van der Waals surface area contributed by atoms with Crippen LogP contribution in [-0.2, 0) is 0 Å². The van der Waals surface area contributed by atoms with Gasteiger partial charge in [-0.25, -0.2) is 0 Å². The Kier molecular flexibility index (Phi) is 6.61. The van der Waals surface area contributed by atoms with E-state index in [9.17, 15) is 0 Å². The minimum Gasteiger partial charge on any atom is -0.311 e. The van der Waals surface area contributed by atoms with Gasteiger partial charge in [-0.15, -0.1) is 0 Å². The normalized spacial score (nSPS) is 12.6. The molecular formula is C52H36N2. The lowest BCUT2D eigenvalue weighted by Crippen LogP contribution is -2.09. The summed E-state index contributed by atoms with van der Waals surface area (Å²) >= 11 is 0. The summed E-state index contributed by atoms with van der Waals surface area (Å²) in [6.45, 7) is 0. The minimum absolute atomic E-state index is 0.185. The van der Waals surface area contributed by atoms with Crippen molar-refractivity contribution in [3.8, 4) is 39.1 Å². The molecule has 1 heterocycles. The van der Waals surface area contributed by atoms with Crippen LogP contribution in [0, 0.1) is 0 Å². The van der Waals surface area contributed by atoms with Crippen LogP contribution in [0.1, 0.15) is 6.85 Å². The highest BCUT2D eigenvalue weighted by atomic mass is 15.1. The molecule has 0 aliphatic rings. The van der Waals surface area contributed by atoms with Gasteiger partial charge in [0, 0.05) is 33.4 Å². The van der Waals surface area contributed by atoms with Gasteiger partial charge in [0.1, 0.15) is 0 Å². The molecule has 0 fully saturated rings. The summed E-state index contributed by atoms with van der Waals surface area (Å²) in [4.78, 5) is 2.27. The summed E-state index contributed by atoms with van der Waals surface area (Å²) in [5, 5.41) is 4.51. The van der Waals surface area contributed by atoms with Crippen molar-refractivity contribution in [2.45, 2.75) is 0 Å². The highest BCUT2D eigenvalue weighted by Crippen LogP contribution is 2.40. The maximum absolute atomic E-state index is 8.70. The molecule has 0 N–H and O–H groups in total. The number of hydrogen-bond donors (Lipinski definition) is 0. The first-order valence-corrected chi connectivity index (χ1v) is 18.1. The van der Waals surface area contributed by atoms with Crippen molar-refractivity contribution in [1.29, 1.82) is 0 Å². The molecule has 2 nitrogen and oxygen atoms in total. The Labute approximate surface area is 322 Å². The molecule has 54 heavy (non-hydrogen) atoms. The molecule has 0 saturated heterocycles. The standard InChI is InChI=1S/C52H36N2/c1-3-13-37(14-4-1)43-29-34-49-48-20-10-12-22-51(48)54(52(49)36-43)50-21-11-9-19-47(50)40-27-32-46(33-28-40)53(44-17-5-2-6-18-44)45-30-25-39(26-31-45)42-24-23-38-15-7-8-16-41(38)35-42/h1-36H/i1D,3D,4D,13D,14D. The lowest BCUT2D eigenvalue weighted by Gasteiger charge is -2.26. The molecule has 0 amide bonds. The fraction of sp³-hybridized carbons (Fsp3) is 0. The van der Waals surface area contributed by atoms with E-state index in [-0.39, 0.29) is 29.7 Å². The Morgan fingerprint density at radius 2 is 0.944 bits per heavy atom. The molecule has 0 atom stereocenters. The first-order chi connectivity index (χ1) is 28.9. The number of anilines is 3. The molecule has 10 aromatic rings. The molecule has 0 spiro atoms. The Balaban J connectivity index is 1.06. The van der Waals surface area contributed by atoms with Crippen LogP contribution in [-0.4, -0.2) is 4.57 Å². The number of rotatable bonds is 7. The van der Waals surface area contributed by atoms with E-state index >= 15 is 0 Å². The van der Waals surface area contributed by atoms with Crippen LogP contribution in [0.3, 0.4) is 0 Å². The van der Waals surface area contributed by atoms with E-state index in [0.717, 1.165) is 61.2 Å². The number of hydrogen-bond acceptors (Lipinski definition) is 1. The first-order valence-electron chi connectivity index (χ1n) is 20.6. The van der Waals surface area contributed by atoms with E-state index in [1.54, 1.807) is 0 Å². The largest absolute Gasteiger partial charge is 0.311 e. The topological polar surface area (TPSA) is 8.17 Å². The van der Waals surface area contributed by atoms with Crippen LogP contribution >= 0.6 is 0 Å². The summed E-state index contributed by atoms with van der Waals surface area (Å²) in [7, 11) is 0. The SMILES string of the molecule is [2H]c1c([2H])c([2H])c(-c2ccc3c4ccccc4n(-c4ccccc4-c4ccc(N(c5ccccc5)c5ccc(-c6ccc7ccccc7c6)cc5)cc4)c3c2)c([2H])c1[2H]. The van der Waals surface area contributed by atoms with Crippen LogP contribution in [0.15, 0.2) is 218 Å². The van der Waals surface area contributed by atoms with E-state index in [1.165, 1.54) is 16.3 Å². The minimum atomic E-state index is -0.402. The molecule has 9 aromatic carbocycles. The molecule has 1 aromatic heterocycles. The summed E-state index contributed by atoms with van der Waals surface area (Å²) < 4.78 is 44.4. The first kappa shape index (κ1) is 26.6. The van der Waals surface area contributed by atoms with Gasteiger partial charge >= 0.3 is 0 Å². The number of para-hydroxylation sites is 3. The van der Waals surface area contributed by atoms with Gasteiger partial charge in [-0.2, -0.15) is 0 Å². The van der Waals surface area contributed by atoms with Gasteiger partial charge in [0.15, 0.2) is 0 Å². The predicted molar refractivity (Wildman–Crippen MR) is 229 cm³/mol. The zero-order valence-corrected chi connectivity index (χ0v) is 29.3. The molecule has 10 rings (SSSR count). The fourth-order valence-corrected chi connectivity index (χ4v) is 7.68. The highest BCUT2D eigenvalue weighted by molar-refractivity contribution is 6.10.